The number of phenols is 1. The van der Waals surface area contributed by atoms with Crippen molar-refractivity contribution in [1.82, 2.24) is 0 Å². The highest BCUT2D eigenvalue weighted by atomic mass is 28.4. The Labute approximate surface area is 333 Å². The Hall–Kier alpha value is -4.60. The second kappa shape index (κ2) is 17.3. The van der Waals surface area contributed by atoms with Gasteiger partial charge < -0.3 is 19.7 Å². The van der Waals surface area contributed by atoms with Crippen LogP contribution in [0.3, 0.4) is 0 Å². The van der Waals surface area contributed by atoms with Crippen LogP contribution in [0.2, 0.25) is 5.04 Å². The number of allylic oxidation sites excluding steroid dienone is 1. The molecule has 0 aromatic heterocycles. The monoisotopic (exact) mass is 771 g/mol. The molecule has 4 atom stereocenters. The molecule has 1 saturated heterocycles. The van der Waals surface area contributed by atoms with Gasteiger partial charge in [-0.15, -0.1) is 0 Å². The number of carbonyl (C=O) groups excluding carboxylic acids is 2. The topological polar surface area (TPSA) is 107 Å². The summed E-state index contributed by atoms with van der Waals surface area (Å²) in [5.41, 5.74) is 5.70. The number of phenolic OH excluding ortho intramolecular Hbond substituents is 1. The predicted octanol–water partition coefficient (Wildman–Crippen LogP) is 8.02. The van der Waals surface area contributed by atoms with Gasteiger partial charge in [-0.3, -0.25) is 14.5 Å². The Morgan fingerprint density at radius 3 is 1.95 bits per heavy atom. The summed E-state index contributed by atoms with van der Waals surface area (Å²) in [7, 11) is -3.03. The van der Waals surface area contributed by atoms with Crippen LogP contribution in [0, 0.1) is 31.6 Å². The van der Waals surface area contributed by atoms with Crippen LogP contribution in [-0.2, 0) is 14.0 Å². The molecule has 0 saturated carbocycles. The highest BCUT2D eigenvalue weighted by Gasteiger charge is 2.56. The van der Waals surface area contributed by atoms with Crippen molar-refractivity contribution in [3.05, 3.63) is 137 Å². The zero-order valence-electron chi connectivity index (χ0n) is 33.7. The van der Waals surface area contributed by atoms with Crippen molar-refractivity contribution in [1.29, 1.82) is 0 Å². The summed E-state index contributed by atoms with van der Waals surface area (Å²) in [6.45, 7) is 12.3. The molecule has 0 spiro atoms. The molecule has 6 rings (SSSR count). The fourth-order valence-corrected chi connectivity index (χ4v) is 13.8. The normalized spacial score (nSPS) is 19.8. The van der Waals surface area contributed by atoms with E-state index in [1.165, 1.54) is 10.5 Å². The number of amides is 2. The first kappa shape index (κ1) is 41.0. The van der Waals surface area contributed by atoms with Crippen LogP contribution in [0.5, 0.6) is 5.75 Å². The Bertz CT molecular complexity index is 2010. The lowest BCUT2D eigenvalue weighted by Gasteiger charge is -2.44. The lowest BCUT2D eigenvalue weighted by atomic mass is 9.68. The second-order valence-corrected chi connectivity index (χ2v) is 20.9. The summed E-state index contributed by atoms with van der Waals surface area (Å²) in [6.07, 6.45) is 4.14. The summed E-state index contributed by atoms with van der Waals surface area (Å²) >= 11 is 0. The molecule has 1 heterocycles. The molecule has 56 heavy (non-hydrogen) atoms. The standard InChI is InChI=1S/C48H57NO6Si/c1-7-17-34(28-35-26-32(2)45(52)33(3)27-35)24-25-42(51)43-36(29-40-44(41(43)30-50)47(54)49(46(40)53)37-18-11-8-12-19-37)31-55-56(48(4,5)6,38-20-13-9-14-21-38)39-22-15-10-16-23-39/h8-16,18-23,26-28,40-42,44,50-52H,7,17,24-25,29-31H2,1-6H3/b34-28+/t40-,41+,42-,44-/m1/s1. The first-order valence-corrected chi connectivity index (χ1v) is 21.9. The SMILES string of the molecule is CCC/C(=C\c1cc(C)c(O)c(C)c1)CC[C@@H](O)C1=C(CO[Si](c2ccccc2)(c2ccccc2)C(C)(C)C)C[C@H]2C(=O)N(c3ccccc3)C(=O)[C@H]2[C@H]1CO. The Morgan fingerprint density at radius 2 is 1.43 bits per heavy atom. The number of hydrogen-bond donors (Lipinski definition) is 3. The van der Waals surface area contributed by atoms with E-state index >= 15 is 0 Å². The number of carbonyl (C=O) groups is 2. The second-order valence-electron chi connectivity index (χ2n) is 16.6. The molecule has 0 bridgehead atoms. The fourth-order valence-electron chi connectivity index (χ4n) is 9.26. The van der Waals surface area contributed by atoms with Gasteiger partial charge in [0, 0.05) is 5.92 Å². The van der Waals surface area contributed by atoms with Gasteiger partial charge in [0.25, 0.3) is 8.32 Å². The lowest BCUT2D eigenvalue weighted by Crippen LogP contribution is -2.66. The Morgan fingerprint density at radius 1 is 0.875 bits per heavy atom. The van der Waals surface area contributed by atoms with Crippen molar-refractivity contribution in [2.75, 3.05) is 18.1 Å². The van der Waals surface area contributed by atoms with E-state index in [0.29, 0.717) is 29.9 Å². The summed E-state index contributed by atoms with van der Waals surface area (Å²) in [5, 5.41) is 35.8. The van der Waals surface area contributed by atoms with Crippen LogP contribution in [0.4, 0.5) is 5.69 Å². The minimum atomic E-state index is -3.03. The van der Waals surface area contributed by atoms with Crippen LogP contribution in [0.15, 0.2) is 120 Å². The van der Waals surface area contributed by atoms with Crippen molar-refractivity contribution >= 4 is 42.3 Å². The minimum Gasteiger partial charge on any atom is -0.507 e. The molecule has 8 heteroatoms. The number of nitrogens with zero attached hydrogens (tertiary/aromatic N) is 1. The van der Waals surface area contributed by atoms with Crippen LogP contribution in [0.25, 0.3) is 6.08 Å². The van der Waals surface area contributed by atoms with Crippen molar-refractivity contribution in [3.8, 4) is 5.75 Å². The smallest absolute Gasteiger partial charge is 0.261 e. The highest BCUT2D eigenvalue weighted by molar-refractivity contribution is 6.99. The van der Waals surface area contributed by atoms with Crippen molar-refractivity contribution in [2.24, 2.45) is 17.8 Å². The van der Waals surface area contributed by atoms with E-state index in [1.807, 2.05) is 68.4 Å². The van der Waals surface area contributed by atoms with E-state index < -0.39 is 32.2 Å². The summed E-state index contributed by atoms with van der Waals surface area (Å²) in [6, 6.07) is 33.7. The van der Waals surface area contributed by atoms with E-state index in [0.717, 1.165) is 45.5 Å². The molecule has 3 N–H and O–H groups in total. The summed E-state index contributed by atoms with van der Waals surface area (Å²) in [4.78, 5) is 29.8. The first-order chi connectivity index (χ1) is 26.8. The Balaban J connectivity index is 1.42. The first-order valence-electron chi connectivity index (χ1n) is 20.0. The number of imide groups is 1. The third-order valence-electron chi connectivity index (χ3n) is 11.8. The average molecular weight is 772 g/mol. The van der Waals surface area contributed by atoms with Gasteiger partial charge in [-0.1, -0.05) is 125 Å². The van der Waals surface area contributed by atoms with Gasteiger partial charge in [0.05, 0.1) is 36.8 Å². The van der Waals surface area contributed by atoms with Crippen LogP contribution < -0.4 is 15.3 Å². The molecule has 1 aliphatic carbocycles. The maximum Gasteiger partial charge on any atom is 0.261 e. The quantitative estimate of drug-likeness (QED) is 0.0682. The third-order valence-corrected chi connectivity index (χ3v) is 16.8. The average Bonchev–Trinajstić information content (AvgIpc) is 3.44. The predicted molar refractivity (Wildman–Crippen MR) is 227 cm³/mol. The Kier molecular flexibility index (Phi) is 12.7. The van der Waals surface area contributed by atoms with E-state index in [9.17, 15) is 24.9 Å². The van der Waals surface area contributed by atoms with Crippen molar-refractivity contribution in [3.63, 3.8) is 0 Å². The molecule has 4 aromatic rings. The number of aryl methyl sites for hydroxylation is 2. The van der Waals surface area contributed by atoms with Crippen molar-refractivity contribution in [2.45, 2.75) is 84.8 Å². The molecule has 294 valence electrons. The largest absolute Gasteiger partial charge is 0.507 e. The summed E-state index contributed by atoms with van der Waals surface area (Å²) < 4.78 is 7.42. The molecule has 0 radical (unpaired) electrons. The molecule has 2 amide bonds. The maximum atomic E-state index is 14.3. The van der Waals surface area contributed by atoms with Gasteiger partial charge >= 0.3 is 0 Å². The molecule has 7 nitrogen and oxygen atoms in total. The zero-order chi connectivity index (χ0) is 40.2. The zero-order valence-corrected chi connectivity index (χ0v) is 34.7. The van der Waals surface area contributed by atoms with E-state index in [4.69, 9.17) is 4.43 Å². The molecule has 0 unspecified atom stereocenters. The van der Waals surface area contributed by atoms with Crippen LogP contribution in [0.1, 0.15) is 76.5 Å². The number of para-hydroxylation sites is 1. The molecule has 4 aromatic carbocycles. The van der Waals surface area contributed by atoms with E-state index in [1.54, 1.807) is 24.3 Å². The van der Waals surface area contributed by atoms with Crippen LogP contribution in [-0.4, -0.2) is 54.8 Å². The maximum absolute atomic E-state index is 14.3. The van der Waals surface area contributed by atoms with Crippen molar-refractivity contribution < 1.29 is 29.3 Å². The highest BCUT2D eigenvalue weighted by Crippen LogP contribution is 2.48. The number of rotatable bonds is 14. The fraction of sp³-hybridized carbons (Fsp3) is 0.375. The molecular weight excluding hydrogens is 715 g/mol. The van der Waals surface area contributed by atoms with Gasteiger partial charge in [0.15, 0.2) is 0 Å². The van der Waals surface area contributed by atoms with Gasteiger partial charge in [-0.2, -0.15) is 0 Å². The summed E-state index contributed by atoms with van der Waals surface area (Å²) in [5.74, 6) is -2.58. The number of benzene rings is 4. The van der Waals surface area contributed by atoms with Gasteiger partial charge in [-0.05, 0) is 107 Å². The molecule has 2 aliphatic rings. The van der Waals surface area contributed by atoms with E-state index in [-0.39, 0.29) is 36.5 Å². The van der Waals surface area contributed by atoms with Gasteiger partial charge in [0.1, 0.15) is 5.75 Å². The minimum absolute atomic E-state index is 0.149. The number of aliphatic hydroxyl groups is 2. The molecule has 1 aliphatic heterocycles. The lowest BCUT2D eigenvalue weighted by molar-refractivity contribution is -0.123. The number of hydrogen-bond acceptors (Lipinski definition) is 6. The van der Waals surface area contributed by atoms with Gasteiger partial charge in [-0.25, -0.2) is 0 Å². The number of fused-ring (bicyclic) bond motifs is 1. The van der Waals surface area contributed by atoms with Gasteiger partial charge in [0.2, 0.25) is 11.8 Å². The third kappa shape index (κ3) is 7.98. The number of aromatic hydroxyl groups is 1. The molecular formula is C48H57NO6Si. The molecule has 1 fully saturated rings. The van der Waals surface area contributed by atoms with E-state index in [2.05, 4.69) is 58.0 Å². The number of aliphatic hydroxyl groups excluding tert-OH is 2. The van der Waals surface area contributed by atoms with Crippen LogP contribution >= 0.6 is 0 Å². The number of anilines is 1.